The number of sulfonamides is 1. The van der Waals surface area contributed by atoms with Gasteiger partial charge in [0, 0.05) is 18.5 Å². The van der Waals surface area contributed by atoms with Crippen LogP contribution in [0.4, 0.5) is 0 Å². The van der Waals surface area contributed by atoms with Crippen molar-refractivity contribution >= 4 is 15.9 Å². The van der Waals surface area contributed by atoms with Crippen LogP contribution in [0.5, 0.6) is 0 Å². The zero-order valence-electron chi connectivity index (χ0n) is 10.8. The van der Waals surface area contributed by atoms with Gasteiger partial charge >= 0.3 is 0 Å². The van der Waals surface area contributed by atoms with E-state index in [1.54, 1.807) is 20.8 Å². The predicted molar refractivity (Wildman–Crippen MR) is 66.0 cm³/mol. The third kappa shape index (κ3) is 10.2. The molecule has 0 rings (SSSR count). The van der Waals surface area contributed by atoms with Gasteiger partial charge < -0.3 is 10.4 Å². The van der Waals surface area contributed by atoms with Crippen LogP contribution in [0, 0.1) is 0 Å². The SMILES string of the molecule is CC(O)CCC(=O)NCC(C)(C)NS(C)(=O)=O. The lowest BCUT2D eigenvalue weighted by molar-refractivity contribution is -0.121. The Morgan fingerprint density at radius 2 is 1.94 bits per heavy atom. The van der Waals surface area contributed by atoms with Crippen molar-refractivity contribution in [3.05, 3.63) is 0 Å². The Labute approximate surface area is 103 Å². The molecule has 0 aromatic rings. The van der Waals surface area contributed by atoms with Crippen LogP contribution in [0.3, 0.4) is 0 Å². The molecule has 6 nitrogen and oxygen atoms in total. The second-order valence-electron chi connectivity index (χ2n) is 4.92. The van der Waals surface area contributed by atoms with E-state index in [2.05, 4.69) is 10.0 Å². The molecule has 0 bridgehead atoms. The predicted octanol–water partition coefficient (Wildman–Crippen LogP) is -0.409. The number of carbonyl (C=O) groups is 1. The molecular weight excluding hydrogens is 244 g/mol. The van der Waals surface area contributed by atoms with Gasteiger partial charge in [0.25, 0.3) is 0 Å². The van der Waals surface area contributed by atoms with Crippen molar-refractivity contribution in [2.75, 3.05) is 12.8 Å². The summed E-state index contributed by atoms with van der Waals surface area (Å²) in [6, 6.07) is 0. The van der Waals surface area contributed by atoms with E-state index in [-0.39, 0.29) is 18.9 Å². The Hall–Kier alpha value is -0.660. The molecule has 102 valence electrons. The number of rotatable bonds is 7. The quantitative estimate of drug-likeness (QED) is 0.584. The van der Waals surface area contributed by atoms with E-state index in [0.717, 1.165) is 6.26 Å². The largest absolute Gasteiger partial charge is 0.393 e. The van der Waals surface area contributed by atoms with Gasteiger partial charge in [-0.1, -0.05) is 0 Å². The fourth-order valence-corrected chi connectivity index (χ4v) is 2.36. The van der Waals surface area contributed by atoms with Crippen molar-refractivity contribution in [3.63, 3.8) is 0 Å². The molecule has 0 spiro atoms. The normalized spacial score (nSPS) is 14.4. The van der Waals surface area contributed by atoms with Gasteiger partial charge in [0.05, 0.1) is 12.4 Å². The molecule has 0 aliphatic carbocycles. The summed E-state index contributed by atoms with van der Waals surface area (Å²) in [4.78, 5) is 11.4. The minimum Gasteiger partial charge on any atom is -0.393 e. The van der Waals surface area contributed by atoms with E-state index in [0.29, 0.717) is 6.42 Å². The van der Waals surface area contributed by atoms with Crippen LogP contribution in [-0.2, 0) is 14.8 Å². The Kier molecular flexibility index (Phi) is 6.08. The molecule has 1 unspecified atom stereocenters. The highest BCUT2D eigenvalue weighted by molar-refractivity contribution is 7.88. The van der Waals surface area contributed by atoms with Gasteiger partial charge in [0.1, 0.15) is 0 Å². The first-order chi connectivity index (χ1) is 7.52. The molecule has 0 aromatic heterocycles. The lowest BCUT2D eigenvalue weighted by Crippen LogP contribution is -2.51. The Morgan fingerprint density at radius 1 is 1.41 bits per heavy atom. The molecule has 0 fully saturated rings. The monoisotopic (exact) mass is 266 g/mol. The smallest absolute Gasteiger partial charge is 0.220 e. The van der Waals surface area contributed by atoms with E-state index >= 15 is 0 Å². The maximum atomic E-state index is 11.4. The van der Waals surface area contributed by atoms with Crippen molar-refractivity contribution < 1.29 is 18.3 Å². The molecule has 7 heteroatoms. The minimum absolute atomic E-state index is 0.200. The van der Waals surface area contributed by atoms with Crippen LogP contribution in [0.15, 0.2) is 0 Å². The van der Waals surface area contributed by atoms with Gasteiger partial charge in [-0.3, -0.25) is 4.79 Å². The molecule has 0 aliphatic heterocycles. The maximum absolute atomic E-state index is 11.4. The summed E-state index contributed by atoms with van der Waals surface area (Å²) < 4.78 is 24.5. The van der Waals surface area contributed by atoms with E-state index < -0.39 is 21.7 Å². The Balaban J connectivity index is 4.05. The molecule has 1 atom stereocenters. The Bertz CT molecular complexity index is 349. The summed E-state index contributed by atoms with van der Waals surface area (Å²) >= 11 is 0. The highest BCUT2D eigenvalue weighted by Gasteiger charge is 2.22. The molecule has 3 N–H and O–H groups in total. The number of aliphatic hydroxyl groups is 1. The molecule has 0 heterocycles. The second kappa shape index (κ2) is 6.32. The Morgan fingerprint density at radius 3 is 2.35 bits per heavy atom. The van der Waals surface area contributed by atoms with Crippen LogP contribution in [0.2, 0.25) is 0 Å². The van der Waals surface area contributed by atoms with Crippen LogP contribution in [0.25, 0.3) is 0 Å². The zero-order valence-corrected chi connectivity index (χ0v) is 11.6. The number of amides is 1. The molecule has 0 saturated heterocycles. The fourth-order valence-electron chi connectivity index (χ4n) is 1.29. The molecule has 0 aromatic carbocycles. The van der Waals surface area contributed by atoms with Crippen LogP contribution in [0.1, 0.15) is 33.6 Å². The fraction of sp³-hybridized carbons (Fsp3) is 0.900. The minimum atomic E-state index is -3.30. The first-order valence-corrected chi connectivity index (χ1v) is 7.35. The molecule has 0 radical (unpaired) electrons. The third-order valence-electron chi connectivity index (χ3n) is 1.98. The first kappa shape index (κ1) is 16.3. The first-order valence-electron chi connectivity index (χ1n) is 5.45. The highest BCUT2D eigenvalue weighted by Crippen LogP contribution is 2.02. The van der Waals surface area contributed by atoms with E-state index in [1.165, 1.54) is 0 Å². The molecule has 0 aliphatic rings. The number of hydrogen-bond acceptors (Lipinski definition) is 4. The summed E-state index contributed by atoms with van der Waals surface area (Å²) in [5.74, 6) is -0.200. The van der Waals surface area contributed by atoms with E-state index in [9.17, 15) is 13.2 Å². The lowest BCUT2D eigenvalue weighted by atomic mass is 10.1. The number of aliphatic hydroxyl groups excluding tert-OH is 1. The number of hydrogen-bond donors (Lipinski definition) is 3. The maximum Gasteiger partial charge on any atom is 0.220 e. The van der Waals surface area contributed by atoms with E-state index in [1.807, 2.05) is 0 Å². The van der Waals surface area contributed by atoms with Crippen LogP contribution < -0.4 is 10.0 Å². The third-order valence-corrected chi connectivity index (χ3v) is 2.90. The van der Waals surface area contributed by atoms with Crippen molar-refractivity contribution in [2.24, 2.45) is 0 Å². The molecule has 17 heavy (non-hydrogen) atoms. The van der Waals surface area contributed by atoms with Crippen LogP contribution >= 0.6 is 0 Å². The summed E-state index contributed by atoms with van der Waals surface area (Å²) in [5, 5.41) is 11.6. The molecule has 0 saturated carbocycles. The standard InChI is InChI=1S/C10H22N2O4S/c1-8(13)5-6-9(14)11-7-10(2,3)12-17(4,15)16/h8,12-13H,5-7H2,1-4H3,(H,11,14). The van der Waals surface area contributed by atoms with Gasteiger partial charge in [-0.2, -0.15) is 0 Å². The van der Waals surface area contributed by atoms with Crippen LogP contribution in [-0.4, -0.2) is 43.9 Å². The van der Waals surface area contributed by atoms with Gasteiger partial charge in [0.15, 0.2) is 0 Å². The zero-order chi connectivity index (χ0) is 13.7. The van der Waals surface area contributed by atoms with Crippen molar-refractivity contribution in [3.8, 4) is 0 Å². The average molecular weight is 266 g/mol. The lowest BCUT2D eigenvalue weighted by Gasteiger charge is -2.25. The molecule has 1 amide bonds. The van der Waals surface area contributed by atoms with Crippen molar-refractivity contribution in [1.82, 2.24) is 10.0 Å². The summed E-state index contributed by atoms with van der Waals surface area (Å²) in [5.41, 5.74) is -0.728. The highest BCUT2D eigenvalue weighted by atomic mass is 32.2. The summed E-state index contributed by atoms with van der Waals surface area (Å²) in [6.45, 7) is 5.19. The summed E-state index contributed by atoms with van der Waals surface area (Å²) in [7, 11) is -3.30. The van der Waals surface area contributed by atoms with Crippen molar-refractivity contribution in [1.29, 1.82) is 0 Å². The number of carbonyl (C=O) groups excluding carboxylic acids is 1. The van der Waals surface area contributed by atoms with Gasteiger partial charge in [-0.15, -0.1) is 0 Å². The van der Waals surface area contributed by atoms with E-state index in [4.69, 9.17) is 5.11 Å². The van der Waals surface area contributed by atoms with Crippen molar-refractivity contribution in [2.45, 2.75) is 45.3 Å². The van der Waals surface area contributed by atoms with Gasteiger partial charge in [0.2, 0.25) is 15.9 Å². The second-order valence-corrected chi connectivity index (χ2v) is 6.67. The topological polar surface area (TPSA) is 95.5 Å². The molecular formula is C10H22N2O4S. The van der Waals surface area contributed by atoms with Gasteiger partial charge in [-0.05, 0) is 27.2 Å². The van der Waals surface area contributed by atoms with Gasteiger partial charge in [-0.25, -0.2) is 13.1 Å². The summed E-state index contributed by atoms with van der Waals surface area (Å²) in [6.07, 6.45) is 1.19. The number of nitrogens with one attached hydrogen (secondary N) is 2. The average Bonchev–Trinajstić information content (AvgIpc) is 2.07.